The van der Waals surface area contributed by atoms with Crippen LogP contribution in [0.25, 0.3) is 0 Å². The lowest BCUT2D eigenvalue weighted by Gasteiger charge is -2.28. The van der Waals surface area contributed by atoms with E-state index < -0.39 is 28.5 Å². The predicted octanol–water partition coefficient (Wildman–Crippen LogP) is 1.34. The summed E-state index contributed by atoms with van der Waals surface area (Å²) in [4.78, 5) is 26.8. The maximum absolute atomic E-state index is 12.7. The number of sulfonamides is 1. The van der Waals surface area contributed by atoms with Gasteiger partial charge in [0.05, 0.1) is 36.9 Å². The van der Waals surface area contributed by atoms with Crippen molar-refractivity contribution in [1.29, 1.82) is 0 Å². The van der Waals surface area contributed by atoms with Crippen molar-refractivity contribution in [3.8, 4) is 0 Å². The zero-order chi connectivity index (χ0) is 24.0. The first kappa shape index (κ1) is 24.1. The predicted molar refractivity (Wildman–Crippen MR) is 124 cm³/mol. The van der Waals surface area contributed by atoms with E-state index in [9.17, 15) is 18.0 Å². The molecular formula is C23H27N3O7S. The molecule has 1 amide bonds. The molecule has 2 aromatic rings. The summed E-state index contributed by atoms with van der Waals surface area (Å²) in [7, 11) is -3.65. The van der Waals surface area contributed by atoms with Crippen LogP contribution in [-0.2, 0) is 29.0 Å². The van der Waals surface area contributed by atoms with E-state index in [1.807, 2.05) is 12.1 Å². The van der Waals surface area contributed by atoms with E-state index in [-0.39, 0.29) is 23.5 Å². The number of ether oxygens (including phenoxy) is 3. The Hall–Kier alpha value is -2.99. The van der Waals surface area contributed by atoms with Crippen LogP contribution < -0.4 is 10.2 Å². The van der Waals surface area contributed by atoms with Gasteiger partial charge in [-0.2, -0.15) is 4.31 Å². The normalized spacial score (nSPS) is 17.2. The summed E-state index contributed by atoms with van der Waals surface area (Å²) in [5.74, 6) is -1.19. The van der Waals surface area contributed by atoms with Crippen molar-refractivity contribution in [3.05, 3.63) is 54.1 Å². The van der Waals surface area contributed by atoms with Crippen molar-refractivity contribution >= 4 is 33.3 Å². The quantitative estimate of drug-likeness (QED) is 0.580. The molecule has 1 N–H and O–H groups in total. The van der Waals surface area contributed by atoms with Gasteiger partial charge in [-0.05, 0) is 48.5 Å². The van der Waals surface area contributed by atoms with Gasteiger partial charge in [-0.15, -0.1) is 0 Å². The highest BCUT2D eigenvalue weighted by molar-refractivity contribution is 7.89. The van der Waals surface area contributed by atoms with Gasteiger partial charge < -0.3 is 24.4 Å². The van der Waals surface area contributed by atoms with Gasteiger partial charge in [0.1, 0.15) is 0 Å². The van der Waals surface area contributed by atoms with Crippen LogP contribution in [0.1, 0.15) is 10.4 Å². The number of nitrogens with one attached hydrogen (secondary N) is 1. The minimum atomic E-state index is -3.65. The number of anilines is 2. The van der Waals surface area contributed by atoms with Gasteiger partial charge in [0.2, 0.25) is 10.0 Å². The van der Waals surface area contributed by atoms with Crippen LogP contribution in [0.3, 0.4) is 0 Å². The third-order valence-electron chi connectivity index (χ3n) is 5.56. The minimum Gasteiger partial charge on any atom is -0.452 e. The van der Waals surface area contributed by atoms with Gasteiger partial charge in [-0.3, -0.25) is 4.79 Å². The van der Waals surface area contributed by atoms with E-state index >= 15 is 0 Å². The first-order chi connectivity index (χ1) is 16.4. The molecule has 182 valence electrons. The van der Waals surface area contributed by atoms with Crippen molar-refractivity contribution in [2.45, 2.75) is 4.90 Å². The van der Waals surface area contributed by atoms with Gasteiger partial charge in [0.15, 0.2) is 6.61 Å². The molecule has 2 fully saturated rings. The number of amides is 1. The molecular weight excluding hydrogens is 462 g/mol. The van der Waals surface area contributed by atoms with E-state index in [2.05, 4.69) is 10.2 Å². The lowest BCUT2D eigenvalue weighted by Crippen LogP contribution is -2.40. The Morgan fingerprint density at radius 3 is 2.06 bits per heavy atom. The molecule has 11 heteroatoms. The van der Waals surface area contributed by atoms with Gasteiger partial charge in [0, 0.05) is 37.6 Å². The van der Waals surface area contributed by atoms with Crippen LogP contribution in [0.5, 0.6) is 0 Å². The van der Waals surface area contributed by atoms with Crippen molar-refractivity contribution in [3.63, 3.8) is 0 Å². The maximum atomic E-state index is 12.7. The standard InChI is InChI=1S/C23H27N3O7S/c27-22(24-19-3-5-20(6-4-19)25-9-13-31-14-10-25)17-33-23(28)18-1-7-21(8-2-18)34(29,30)26-11-15-32-16-12-26/h1-8H,9-17H2,(H,24,27). The number of hydrogen-bond acceptors (Lipinski definition) is 8. The third-order valence-corrected chi connectivity index (χ3v) is 7.47. The van der Waals surface area contributed by atoms with Gasteiger partial charge in [-0.25, -0.2) is 13.2 Å². The second-order valence-electron chi connectivity index (χ2n) is 7.81. The van der Waals surface area contributed by atoms with E-state index in [1.54, 1.807) is 12.1 Å². The minimum absolute atomic E-state index is 0.0872. The Morgan fingerprint density at radius 1 is 0.853 bits per heavy atom. The second kappa shape index (κ2) is 11.0. The monoisotopic (exact) mass is 489 g/mol. The number of hydrogen-bond donors (Lipinski definition) is 1. The molecule has 4 rings (SSSR count). The molecule has 10 nitrogen and oxygen atoms in total. The highest BCUT2D eigenvalue weighted by atomic mass is 32.2. The van der Waals surface area contributed by atoms with Crippen molar-refractivity contribution < 1.29 is 32.2 Å². The molecule has 0 spiro atoms. The maximum Gasteiger partial charge on any atom is 0.338 e. The van der Waals surface area contributed by atoms with E-state index in [1.165, 1.54) is 28.6 Å². The number of morpholine rings is 2. The highest BCUT2D eigenvalue weighted by Crippen LogP contribution is 2.20. The SMILES string of the molecule is O=C(COC(=O)c1ccc(S(=O)(=O)N2CCOCC2)cc1)Nc1ccc(N2CCOCC2)cc1. The Morgan fingerprint density at radius 2 is 1.44 bits per heavy atom. The molecule has 34 heavy (non-hydrogen) atoms. The largest absolute Gasteiger partial charge is 0.452 e. The zero-order valence-corrected chi connectivity index (χ0v) is 19.5. The number of carbonyl (C=O) groups is 2. The topological polar surface area (TPSA) is 114 Å². The molecule has 2 aliphatic rings. The third kappa shape index (κ3) is 5.92. The van der Waals surface area contributed by atoms with Crippen LogP contribution in [-0.4, -0.2) is 83.8 Å². The first-order valence-electron chi connectivity index (χ1n) is 11.0. The van der Waals surface area contributed by atoms with Gasteiger partial charge in [0.25, 0.3) is 5.91 Å². The van der Waals surface area contributed by atoms with Crippen molar-refractivity contribution in [2.24, 2.45) is 0 Å². The lowest BCUT2D eigenvalue weighted by molar-refractivity contribution is -0.119. The number of nitrogens with zero attached hydrogens (tertiary/aromatic N) is 2. The van der Waals surface area contributed by atoms with Crippen LogP contribution in [0, 0.1) is 0 Å². The summed E-state index contributed by atoms with van der Waals surface area (Å²) in [5.41, 5.74) is 1.80. The molecule has 0 saturated carbocycles. The van der Waals surface area contributed by atoms with E-state index in [0.717, 1.165) is 18.8 Å². The molecule has 2 heterocycles. The van der Waals surface area contributed by atoms with Gasteiger partial charge >= 0.3 is 5.97 Å². The Bertz CT molecular complexity index is 1090. The molecule has 0 bridgehead atoms. The van der Waals surface area contributed by atoms with Crippen LogP contribution in [0.15, 0.2) is 53.4 Å². The molecule has 0 aromatic heterocycles. The van der Waals surface area contributed by atoms with Crippen LogP contribution >= 0.6 is 0 Å². The Kier molecular flexibility index (Phi) is 7.78. The summed E-state index contributed by atoms with van der Waals surface area (Å²) in [5, 5.41) is 2.69. The number of carbonyl (C=O) groups excluding carboxylic acids is 2. The van der Waals surface area contributed by atoms with Crippen LogP contribution in [0.2, 0.25) is 0 Å². The van der Waals surface area contributed by atoms with E-state index in [4.69, 9.17) is 14.2 Å². The average molecular weight is 490 g/mol. The van der Waals surface area contributed by atoms with Crippen molar-refractivity contribution in [2.75, 3.05) is 69.4 Å². The molecule has 0 aliphatic carbocycles. The average Bonchev–Trinajstić information content (AvgIpc) is 2.89. The summed E-state index contributed by atoms with van der Waals surface area (Å²) in [6.45, 7) is 3.84. The summed E-state index contributed by atoms with van der Waals surface area (Å²) < 4.78 is 42.3. The van der Waals surface area contributed by atoms with Gasteiger partial charge in [-0.1, -0.05) is 0 Å². The van der Waals surface area contributed by atoms with Crippen molar-refractivity contribution in [1.82, 2.24) is 4.31 Å². The molecule has 2 saturated heterocycles. The highest BCUT2D eigenvalue weighted by Gasteiger charge is 2.26. The van der Waals surface area contributed by atoms with Crippen LogP contribution in [0.4, 0.5) is 11.4 Å². The molecule has 2 aliphatic heterocycles. The number of esters is 1. The fraction of sp³-hybridized carbons (Fsp3) is 0.391. The molecule has 0 radical (unpaired) electrons. The summed E-state index contributed by atoms with van der Waals surface area (Å²) in [6, 6.07) is 12.9. The number of rotatable bonds is 7. The first-order valence-corrected chi connectivity index (χ1v) is 12.5. The Balaban J connectivity index is 1.27. The zero-order valence-electron chi connectivity index (χ0n) is 18.6. The lowest BCUT2D eigenvalue weighted by atomic mass is 10.2. The summed E-state index contributed by atoms with van der Waals surface area (Å²) >= 11 is 0. The number of benzene rings is 2. The second-order valence-corrected chi connectivity index (χ2v) is 9.75. The smallest absolute Gasteiger partial charge is 0.338 e. The molecule has 0 atom stereocenters. The molecule has 0 unspecified atom stereocenters. The summed E-state index contributed by atoms with van der Waals surface area (Å²) in [6.07, 6.45) is 0. The Labute approximate surface area is 198 Å². The molecule has 2 aromatic carbocycles. The fourth-order valence-corrected chi connectivity index (χ4v) is 5.10. The van der Waals surface area contributed by atoms with E-state index in [0.29, 0.717) is 32.1 Å². The fourth-order valence-electron chi connectivity index (χ4n) is 3.69.